The summed E-state index contributed by atoms with van der Waals surface area (Å²) in [4.78, 5) is 7.47. The van der Waals surface area contributed by atoms with Crippen LogP contribution in [0.15, 0.2) is 30.6 Å². The molecule has 62 valence electrons. The van der Waals surface area contributed by atoms with Gasteiger partial charge in [0.1, 0.15) is 0 Å². The highest BCUT2D eigenvalue weighted by molar-refractivity contribution is 5.59. The standard InChI is InChI=1S/C11H8N2/c1-2-9-4-8-5-10(13-7-8)6-11(9)12-3-1/h1-7,13H. The van der Waals surface area contributed by atoms with Crippen molar-refractivity contribution in [2.75, 3.05) is 0 Å². The number of hydrogen-bond acceptors (Lipinski definition) is 1. The molecule has 0 spiro atoms. The minimum absolute atomic E-state index is 1.03. The van der Waals surface area contributed by atoms with Crippen LogP contribution in [-0.4, -0.2) is 9.97 Å². The van der Waals surface area contributed by atoms with Crippen LogP contribution in [0.25, 0.3) is 12.2 Å². The van der Waals surface area contributed by atoms with Gasteiger partial charge in [-0.3, -0.25) is 4.98 Å². The molecule has 0 fully saturated rings. The Hall–Kier alpha value is -1.83. The molecule has 2 heteroatoms. The Morgan fingerprint density at radius 1 is 1.23 bits per heavy atom. The van der Waals surface area contributed by atoms with Gasteiger partial charge >= 0.3 is 0 Å². The number of nitrogens with zero attached hydrogens (tertiary/aromatic N) is 1. The van der Waals surface area contributed by atoms with Gasteiger partial charge in [0.25, 0.3) is 0 Å². The number of aromatic nitrogens is 2. The summed E-state index contributed by atoms with van der Waals surface area (Å²) in [7, 11) is 0. The molecular formula is C11H8N2. The van der Waals surface area contributed by atoms with E-state index in [0.717, 1.165) is 11.0 Å². The summed E-state index contributed by atoms with van der Waals surface area (Å²) in [5.74, 6) is 0. The molecule has 3 rings (SSSR count). The molecule has 0 saturated heterocycles. The van der Waals surface area contributed by atoms with Crippen molar-refractivity contribution in [3.8, 4) is 0 Å². The molecule has 1 aliphatic rings. The van der Waals surface area contributed by atoms with Crippen LogP contribution in [0.3, 0.4) is 0 Å². The lowest BCUT2D eigenvalue weighted by molar-refractivity contribution is 1.21. The molecule has 0 unspecified atom stereocenters. The number of pyridine rings is 1. The van der Waals surface area contributed by atoms with Crippen molar-refractivity contribution in [3.63, 3.8) is 0 Å². The van der Waals surface area contributed by atoms with Gasteiger partial charge in [-0.2, -0.15) is 0 Å². The van der Waals surface area contributed by atoms with E-state index in [-0.39, 0.29) is 0 Å². The van der Waals surface area contributed by atoms with E-state index in [4.69, 9.17) is 0 Å². The summed E-state index contributed by atoms with van der Waals surface area (Å²) < 4.78 is 0. The Labute approximate surface area is 75.3 Å². The second-order valence-electron chi connectivity index (χ2n) is 3.15. The monoisotopic (exact) mass is 168 g/mol. The number of H-pyrrole nitrogens is 1. The van der Waals surface area contributed by atoms with E-state index in [1.165, 1.54) is 10.8 Å². The molecule has 2 bridgehead atoms. The third-order valence-corrected chi connectivity index (χ3v) is 2.21. The Morgan fingerprint density at radius 2 is 2.23 bits per heavy atom. The first-order valence-corrected chi connectivity index (χ1v) is 4.25. The number of rotatable bonds is 0. The molecule has 0 saturated carbocycles. The van der Waals surface area contributed by atoms with E-state index in [2.05, 4.69) is 34.3 Å². The predicted octanol–water partition coefficient (Wildman–Crippen LogP) is 0.381. The van der Waals surface area contributed by atoms with E-state index in [1.807, 2.05) is 18.5 Å². The summed E-state index contributed by atoms with van der Waals surface area (Å²) in [6, 6.07) is 6.15. The zero-order chi connectivity index (χ0) is 8.67. The van der Waals surface area contributed by atoms with Gasteiger partial charge in [-0.25, -0.2) is 0 Å². The Morgan fingerprint density at radius 3 is 3.23 bits per heavy atom. The fourth-order valence-corrected chi connectivity index (χ4v) is 1.60. The Bertz CT molecular complexity index is 514. The number of aromatic amines is 1. The maximum atomic E-state index is 4.30. The summed E-state index contributed by atoms with van der Waals surface area (Å²) >= 11 is 0. The van der Waals surface area contributed by atoms with E-state index >= 15 is 0 Å². The summed E-state index contributed by atoms with van der Waals surface area (Å²) in [6.45, 7) is 0. The van der Waals surface area contributed by atoms with Crippen LogP contribution in [0, 0.1) is 0 Å². The SMILES string of the molecule is C1=c2cccnc2=Cc2cc1c[nH]2. The minimum Gasteiger partial charge on any atom is -0.361 e. The smallest absolute Gasteiger partial charge is 0.0722 e. The molecular weight excluding hydrogens is 160 g/mol. The first-order valence-electron chi connectivity index (χ1n) is 4.25. The van der Waals surface area contributed by atoms with Crippen molar-refractivity contribution < 1.29 is 0 Å². The molecule has 13 heavy (non-hydrogen) atoms. The zero-order valence-corrected chi connectivity index (χ0v) is 6.99. The van der Waals surface area contributed by atoms with Gasteiger partial charge in [0, 0.05) is 23.3 Å². The quantitative estimate of drug-likeness (QED) is 0.516. The second-order valence-corrected chi connectivity index (χ2v) is 3.15. The molecule has 0 aromatic carbocycles. The fourth-order valence-electron chi connectivity index (χ4n) is 1.60. The van der Waals surface area contributed by atoms with Gasteiger partial charge in [0.05, 0.1) is 5.35 Å². The molecule has 0 amide bonds. The largest absolute Gasteiger partial charge is 0.361 e. The summed E-state index contributed by atoms with van der Waals surface area (Å²) in [6.07, 6.45) is 8.01. The van der Waals surface area contributed by atoms with Crippen LogP contribution < -0.4 is 10.6 Å². The second kappa shape index (κ2) is 2.33. The predicted molar refractivity (Wildman–Crippen MR) is 51.4 cm³/mol. The highest BCUT2D eigenvalue weighted by Crippen LogP contribution is 2.05. The fraction of sp³-hybridized carbons (Fsp3) is 0. The van der Waals surface area contributed by atoms with Gasteiger partial charge in [0.15, 0.2) is 0 Å². The molecule has 1 aliphatic carbocycles. The molecule has 0 radical (unpaired) electrons. The Balaban J connectivity index is 2.51. The number of nitrogens with one attached hydrogen (secondary N) is 1. The topological polar surface area (TPSA) is 28.7 Å². The lowest BCUT2D eigenvalue weighted by atomic mass is 10.2. The van der Waals surface area contributed by atoms with Gasteiger partial charge in [0.2, 0.25) is 0 Å². The average molecular weight is 168 g/mol. The van der Waals surface area contributed by atoms with Gasteiger partial charge in [-0.05, 0) is 29.8 Å². The van der Waals surface area contributed by atoms with Crippen LogP contribution in [0.2, 0.25) is 0 Å². The van der Waals surface area contributed by atoms with E-state index in [9.17, 15) is 0 Å². The molecule has 2 aromatic heterocycles. The average Bonchev–Trinajstić information content (AvgIpc) is 2.48. The van der Waals surface area contributed by atoms with Crippen molar-refractivity contribution in [2.24, 2.45) is 0 Å². The third-order valence-electron chi connectivity index (χ3n) is 2.21. The zero-order valence-electron chi connectivity index (χ0n) is 6.99. The molecule has 0 atom stereocenters. The van der Waals surface area contributed by atoms with E-state index in [1.54, 1.807) is 0 Å². The van der Waals surface area contributed by atoms with Gasteiger partial charge in [-0.15, -0.1) is 0 Å². The lowest BCUT2D eigenvalue weighted by Gasteiger charge is -1.89. The molecule has 1 N–H and O–H groups in total. The van der Waals surface area contributed by atoms with Crippen LogP contribution in [0.1, 0.15) is 11.3 Å². The van der Waals surface area contributed by atoms with Crippen LogP contribution in [-0.2, 0) is 0 Å². The van der Waals surface area contributed by atoms with Crippen molar-refractivity contribution in [1.82, 2.24) is 9.97 Å². The van der Waals surface area contributed by atoms with Gasteiger partial charge in [-0.1, -0.05) is 6.07 Å². The summed E-state index contributed by atoms with van der Waals surface area (Å²) in [5.41, 5.74) is 2.32. The van der Waals surface area contributed by atoms with Crippen molar-refractivity contribution in [2.45, 2.75) is 0 Å². The Kier molecular flexibility index (Phi) is 1.19. The maximum Gasteiger partial charge on any atom is 0.0722 e. The third kappa shape index (κ3) is 0.991. The maximum absolute atomic E-state index is 4.30. The molecule has 2 aromatic rings. The normalized spacial score (nSPS) is 12.3. The summed E-state index contributed by atoms with van der Waals surface area (Å²) in [5, 5.41) is 2.21. The van der Waals surface area contributed by atoms with Crippen molar-refractivity contribution in [3.05, 3.63) is 52.4 Å². The molecule has 0 aliphatic heterocycles. The van der Waals surface area contributed by atoms with E-state index in [0.29, 0.717) is 0 Å². The highest BCUT2D eigenvalue weighted by atomic mass is 14.7. The van der Waals surface area contributed by atoms with Crippen LogP contribution in [0.4, 0.5) is 0 Å². The van der Waals surface area contributed by atoms with Crippen LogP contribution >= 0.6 is 0 Å². The molecule has 2 nitrogen and oxygen atoms in total. The van der Waals surface area contributed by atoms with Crippen molar-refractivity contribution >= 4 is 12.2 Å². The van der Waals surface area contributed by atoms with Gasteiger partial charge < -0.3 is 4.98 Å². The van der Waals surface area contributed by atoms with Crippen LogP contribution in [0.5, 0.6) is 0 Å². The van der Waals surface area contributed by atoms with Crippen molar-refractivity contribution in [1.29, 1.82) is 0 Å². The first-order chi connectivity index (χ1) is 6.42. The molecule has 2 heterocycles. The minimum atomic E-state index is 1.03. The lowest BCUT2D eigenvalue weighted by Crippen LogP contribution is -2.27. The number of fused-ring (bicyclic) bond motifs is 3. The first kappa shape index (κ1) is 6.66. The number of hydrogen-bond donors (Lipinski definition) is 1. The highest BCUT2D eigenvalue weighted by Gasteiger charge is 1.98. The van der Waals surface area contributed by atoms with E-state index < -0.39 is 0 Å².